The smallest absolute Gasteiger partial charge is 0.326 e. The maximum Gasteiger partial charge on any atom is 0.326 e. The van der Waals surface area contributed by atoms with Crippen molar-refractivity contribution in [3.05, 3.63) is 0 Å². The summed E-state index contributed by atoms with van der Waals surface area (Å²) in [6, 6.07) is -13.3. The molecule has 1 heterocycles. The lowest BCUT2D eigenvalue weighted by Gasteiger charge is -2.30. The van der Waals surface area contributed by atoms with Gasteiger partial charge in [-0.15, -0.1) is 0 Å². The summed E-state index contributed by atoms with van der Waals surface area (Å²) in [5, 5.41) is 63.5. The Hall–Kier alpha value is -7.70. The number of carbonyl (C=O) groups is 13. The molecule has 440 valence electrons. The minimum Gasteiger partial charge on any atom is -0.481 e. The van der Waals surface area contributed by atoms with Gasteiger partial charge in [-0.1, -0.05) is 48.0 Å². The van der Waals surface area contributed by atoms with Crippen molar-refractivity contribution in [3.8, 4) is 0 Å². The lowest BCUT2D eigenvalue weighted by molar-refractivity contribution is -0.143. The fourth-order valence-corrected chi connectivity index (χ4v) is 7.72. The molecule has 10 atom stereocenters. The Balaban J connectivity index is 3.44. The first-order valence-corrected chi connectivity index (χ1v) is 25.6. The standard InChI is InChI=1S/C47H81N15O16/c1-7-24(6)37(45(76)59-29(19-33(49)65)42(73)56-26(11-9-17-53-47(50)51)39(70)60-30(46(77)78)18-22(2)3)62-41(72)28(13-15-35(67)68)57-40(71)27(12-14-32(48)64)58-44(75)36(23(4)5)61-43(74)31(21-63)55-34(66)20-54-38(69)25-10-8-16-52-25/h22-31,36-37,52,63H,7-21H2,1-6H3,(H2,48,64)(H2,49,65)(H,54,69)(H,55,66)(H,56,73)(H,57,71)(H,58,75)(H,59,76)(H,60,70)(H,61,74)(H,62,72)(H,67,68)(H,77,78)(H4,50,51,53)/t24-,25-,26-,27-,28-,29-,30-,31-,36-,37-/m0/s1. The Bertz CT molecular complexity index is 2140. The SMILES string of the molecule is CC[C@H](C)[C@H](NC(=O)[C@H](CCC(=O)O)NC(=O)[C@H](CCC(N)=O)NC(=O)[C@@H](NC(=O)[C@H](CO)NC(=O)CNC(=O)[C@@H]1CCCN1)C(C)C)C(=O)N[C@@H](CC(N)=O)C(=O)N[C@@H](CCCNC(=N)N)C(=O)N[C@@H](CC(C)C)C(=O)O. The molecule has 11 amide bonds. The number of nitrogens with one attached hydrogen (secondary N) is 12. The highest BCUT2D eigenvalue weighted by Gasteiger charge is 2.37. The maximum absolute atomic E-state index is 14.1. The van der Waals surface area contributed by atoms with E-state index in [1.165, 1.54) is 20.8 Å². The topological polar surface area (TPSA) is 517 Å². The summed E-state index contributed by atoms with van der Waals surface area (Å²) in [6.45, 7) is 8.78. The van der Waals surface area contributed by atoms with E-state index >= 15 is 0 Å². The van der Waals surface area contributed by atoms with Gasteiger partial charge in [0.15, 0.2) is 5.96 Å². The third-order valence-electron chi connectivity index (χ3n) is 12.2. The Kier molecular flexibility index (Phi) is 30.5. The average Bonchev–Trinajstić information content (AvgIpc) is 3.90. The number of aliphatic hydroxyl groups is 1. The first-order valence-electron chi connectivity index (χ1n) is 25.6. The van der Waals surface area contributed by atoms with E-state index in [2.05, 4.69) is 58.5 Å². The third-order valence-corrected chi connectivity index (χ3v) is 12.2. The van der Waals surface area contributed by atoms with Crippen LogP contribution in [-0.4, -0.2) is 179 Å². The zero-order valence-corrected chi connectivity index (χ0v) is 44.9. The molecule has 0 radical (unpaired) electrons. The highest BCUT2D eigenvalue weighted by Crippen LogP contribution is 2.13. The normalized spacial score (nSPS) is 16.4. The van der Waals surface area contributed by atoms with E-state index in [0.717, 1.165) is 6.42 Å². The summed E-state index contributed by atoms with van der Waals surface area (Å²) >= 11 is 0. The minimum atomic E-state index is -1.81. The van der Waals surface area contributed by atoms with Crippen LogP contribution in [0.5, 0.6) is 0 Å². The number of hydrogen-bond acceptors (Lipinski definition) is 16. The maximum atomic E-state index is 14.1. The number of amides is 11. The van der Waals surface area contributed by atoms with Gasteiger partial charge in [0.25, 0.3) is 0 Å². The molecular weight excluding hydrogens is 1030 g/mol. The van der Waals surface area contributed by atoms with Crippen LogP contribution in [0.15, 0.2) is 0 Å². The molecule has 0 saturated carbocycles. The summed E-state index contributed by atoms with van der Waals surface area (Å²) in [7, 11) is 0. The zero-order chi connectivity index (χ0) is 59.4. The van der Waals surface area contributed by atoms with Crippen LogP contribution in [0.1, 0.15) is 112 Å². The number of aliphatic hydroxyl groups excluding tert-OH is 1. The molecule has 0 aromatic rings. The molecule has 21 N–H and O–H groups in total. The number of guanidine groups is 1. The molecule has 1 fully saturated rings. The molecule has 1 aliphatic heterocycles. The lowest BCUT2D eigenvalue weighted by atomic mass is 9.96. The number of aliphatic carboxylic acids is 2. The van der Waals surface area contributed by atoms with E-state index in [4.69, 9.17) is 22.6 Å². The van der Waals surface area contributed by atoms with Gasteiger partial charge in [-0.3, -0.25) is 62.9 Å². The third kappa shape index (κ3) is 25.9. The second-order valence-corrected chi connectivity index (χ2v) is 19.6. The van der Waals surface area contributed by atoms with Gasteiger partial charge in [-0.2, -0.15) is 0 Å². The Morgan fingerprint density at radius 1 is 0.603 bits per heavy atom. The molecule has 0 aliphatic carbocycles. The quantitative estimate of drug-likeness (QED) is 0.0156. The van der Waals surface area contributed by atoms with Crippen molar-refractivity contribution in [2.45, 2.75) is 167 Å². The largest absolute Gasteiger partial charge is 0.481 e. The van der Waals surface area contributed by atoms with E-state index in [1.54, 1.807) is 20.8 Å². The van der Waals surface area contributed by atoms with Crippen molar-refractivity contribution in [3.63, 3.8) is 0 Å². The summed E-state index contributed by atoms with van der Waals surface area (Å²) < 4.78 is 0. The summed E-state index contributed by atoms with van der Waals surface area (Å²) in [4.78, 5) is 170. The number of primary amides is 2. The van der Waals surface area contributed by atoms with Crippen LogP contribution in [0.2, 0.25) is 0 Å². The van der Waals surface area contributed by atoms with Crippen LogP contribution in [0, 0.1) is 23.2 Å². The fourth-order valence-electron chi connectivity index (χ4n) is 7.72. The molecule has 1 saturated heterocycles. The number of carboxylic acids is 2. The van der Waals surface area contributed by atoms with Crippen molar-refractivity contribution < 1.29 is 77.6 Å². The Morgan fingerprint density at radius 3 is 1.59 bits per heavy atom. The van der Waals surface area contributed by atoms with Crippen molar-refractivity contribution in [1.82, 2.24) is 58.5 Å². The minimum absolute atomic E-state index is 0.0192. The molecule has 0 aromatic carbocycles. The van der Waals surface area contributed by atoms with E-state index in [0.29, 0.717) is 13.0 Å². The molecule has 0 unspecified atom stereocenters. The number of hydrogen-bond donors (Lipinski definition) is 18. The molecule has 31 heteroatoms. The van der Waals surface area contributed by atoms with E-state index < -0.39 is 194 Å². The number of carbonyl (C=O) groups excluding carboxylic acids is 11. The van der Waals surface area contributed by atoms with E-state index in [-0.39, 0.29) is 38.1 Å². The predicted octanol–water partition coefficient (Wildman–Crippen LogP) is -6.17. The molecule has 78 heavy (non-hydrogen) atoms. The van der Waals surface area contributed by atoms with Gasteiger partial charge in [0, 0.05) is 19.4 Å². The molecule has 1 aliphatic rings. The van der Waals surface area contributed by atoms with Crippen molar-refractivity contribution in [1.29, 1.82) is 5.41 Å². The molecule has 0 spiro atoms. The second kappa shape index (κ2) is 34.9. The van der Waals surface area contributed by atoms with Gasteiger partial charge < -0.3 is 91.0 Å². The van der Waals surface area contributed by atoms with Gasteiger partial charge in [0.2, 0.25) is 65.0 Å². The van der Waals surface area contributed by atoms with Crippen LogP contribution >= 0.6 is 0 Å². The Morgan fingerprint density at radius 2 is 1.10 bits per heavy atom. The number of nitrogens with two attached hydrogens (primary N) is 3. The molecular formula is C47H81N15O16. The molecule has 0 bridgehead atoms. The van der Waals surface area contributed by atoms with Crippen LogP contribution in [-0.2, 0) is 62.3 Å². The lowest BCUT2D eigenvalue weighted by Crippen LogP contribution is -2.62. The van der Waals surface area contributed by atoms with Crippen LogP contribution < -0.4 is 75.7 Å². The average molecular weight is 1110 g/mol. The van der Waals surface area contributed by atoms with Crippen molar-refractivity contribution in [2.75, 3.05) is 26.2 Å². The first-order chi connectivity index (χ1) is 36.5. The molecule has 1 rings (SSSR count). The van der Waals surface area contributed by atoms with Crippen LogP contribution in [0.3, 0.4) is 0 Å². The summed E-state index contributed by atoms with van der Waals surface area (Å²) in [5.41, 5.74) is 16.1. The van der Waals surface area contributed by atoms with Crippen LogP contribution in [0.25, 0.3) is 0 Å². The van der Waals surface area contributed by atoms with Gasteiger partial charge >= 0.3 is 11.9 Å². The predicted molar refractivity (Wildman–Crippen MR) is 276 cm³/mol. The highest BCUT2D eigenvalue weighted by molar-refractivity contribution is 5.99. The first kappa shape index (κ1) is 68.3. The Labute approximate surface area is 451 Å². The fraction of sp³-hybridized carbons (Fsp3) is 0.702. The van der Waals surface area contributed by atoms with Gasteiger partial charge in [0.05, 0.1) is 25.6 Å². The van der Waals surface area contributed by atoms with E-state index in [9.17, 15) is 77.6 Å². The highest BCUT2D eigenvalue weighted by atomic mass is 16.4. The second-order valence-electron chi connectivity index (χ2n) is 19.6. The summed E-state index contributed by atoms with van der Waals surface area (Å²) in [5.74, 6) is -15.7. The van der Waals surface area contributed by atoms with Crippen molar-refractivity contribution in [2.24, 2.45) is 35.0 Å². The van der Waals surface area contributed by atoms with Crippen molar-refractivity contribution >= 4 is 82.9 Å². The van der Waals surface area contributed by atoms with Gasteiger partial charge in [-0.25, -0.2) is 4.79 Å². The molecule has 31 nitrogen and oxygen atoms in total. The van der Waals surface area contributed by atoms with E-state index in [1.807, 2.05) is 0 Å². The monoisotopic (exact) mass is 1110 g/mol. The van der Waals surface area contributed by atoms with Crippen LogP contribution in [0.4, 0.5) is 0 Å². The van der Waals surface area contributed by atoms with Gasteiger partial charge in [0.1, 0.15) is 48.3 Å². The van der Waals surface area contributed by atoms with Gasteiger partial charge in [-0.05, 0) is 69.2 Å². The molecule has 0 aromatic heterocycles. The zero-order valence-electron chi connectivity index (χ0n) is 44.9. The number of carboxylic acid groups (broad SMARTS) is 2. The number of rotatable bonds is 37. The summed E-state index contributed by atoms with van der Waals surface area (Å²) in [6.07, 6.45) is -1.76.